The third-order valence-corrected chi connectivity index (χ3v) is 6.67. The minimum absolute atomic E-state index is 0.0681. The first-order valence-electron chi connectivity index (χ1n) is 10.6. The summed E-state index contributed by atoms with van der Waals surface area (Å²) in [5, 5.41) is 5.73. The van der Waals surface area contributed by atoms with Crippen molar-refractivity contribution in [2.75, 3.05) is 26.7 Å². The zero-order valence-corrected chi connectivity index (χ0v) is 16.7. The number of para-hydroxylation sites is 1. The molecule has 4 aliphatic carbocycles. The van der Waals surface area contributed by atoms with Crippen LogP contribution in [-0.4, -0.2) is 44.2 Å². The molecule has 0 saturated heterocycles. The van der Waals surface area contributed by atoms with Crippen molar-refractivity contribution in [3.8, 4) is 5.75 Å². The van der Waals surface area contributed by atoms with E-state index in [4.69, 9.17) is 4.74 Å². The predicted molar refractivity (Wildman–Crippen MR) is 106 cm³/mol. The molecule has 1 aromatic rings. The lowest BCUT2D eigenvalue weighted by Crippen LogP contribution is -3.10. The van der Waals surface area contributed by atoms with Gasteiger partial charge in [0.1, 0.15) is 18.9 Å². The van der Waals surface area contributed by atoms with Crippen LogP contribution in [0.15, 0.2) is 30.3 Å². The number of hydrogen-bond acceptors (Lipinski definition) is 3. The van der Waals surface area contributed by atoms with Crippen LogP contribution in [0.25, 0.3) is 0 Å². The Morgan fingerprint density at radius 3 is 2.29 bits per heavy atom. The Hall–Kier alpha value is -2.08. The van der Waals surface area contributed by atoms with Crippen molar-refractivity contribution in [2.24, 2.45) is 17.8 Å². The molecule has 4 saturated carbocycles. The van der Waals surface area contributed by atoms with Gasteiger partial charge in [0.2, 0.25) is 0 Å². The van der Waals surface area contributed by atoms with E-state index in [-0.39, 0.29) is 24.0 Å². The van der Waals surface area contributed by atoms with E-state index in [0.717, 1.165) is 47.7 Å². The van der Waals surface area contributed by atoms with E-state index in [1.807, 2.05) is 37.4 Å². The molecule has 1 aromatic carbocycles. The van der Waals surface area contributed by atoms with Gasteiger partial charge in [-0.2, -0.15) is 0 Å². The third kappa shape index (κ3) is 4.66. The van der Waals surface area contributed by atoms with Crippen molar-refractivity contribution in [1.29, 1.82) is 0 Å². The van der Waals surface area contributed by atoms with Gasteiger partial charge in [0, 0.05) is 5.54 Å². The highest BCUT2D eigenvalue weighted by molar-refractivity contribution is 5.95. The number of likely N-dealkylation sites (N-methyl/N-ethyl adjacent to an activating group) is 1. The van der Waals surface area contributed by atoms with Crippen LogP contribution >= 0.6 is 0 Å². The highest BCUT2D eigenvalue weighted by atomic mass is 16.5. The molecule has 3 amide bonds. The number of urea groups is 1. The van der Waals surface area contributed by atoms with E-state index in [1.165, 1.54) is 19.3 Å². The van der Waals surface area contributed by atoms with E-state index in [1.54, 1.807) is 0 Å². The van der Waals surface area contributed by atoms with Crippen LogP contribution < -0.4 is 20.3 Å². The van der Waals surface area contributed by atoms with Gasteiger partial charge in [-0.15, -0.1) is 0 Å². The maximum atomic E-state index is 12.4. The average molecular weight is 387 g/mol. The lowest BCUT2D eigenvalue weighted by atomic mass is 9.53. The first-order valence-corrected chi connectivity index (χ1v) is 10.6. The molecule has 1 unspecified atom stereocenters. The number of rotatable bonds is 7. The Labute approximate surface area is 167 Å². The van der Waals surface area contributed by atoms with Crippen LogP contribution in [-0.2, 0) is 4.79 Å². The summed E-state index contributed by atoms with van der Waals surface area (Å²) in [5.74, 6) is 2.89. The minimum atomic E-state index is -0.319. The van der Waals surface area contributed by atoms with Crippen molar-refractivity contribution >= 4 is 11.9 Å². The monoisotopic (exact) mass is 386 g/mol. The first kappa shape index (κ1) is 19.2. The molecule has 0 aliphatic heterocycles. The Morgan fingerprint density at radius 2 is 1.68 bits per heavy atom. The summed E-state index contributed by atoms with van der Waals surface area (Å²) in [7, 11) is 1.94. The number of quaternary nitrogens is 1. The smallest absolute Gasteiger partial charge is 0.322 e. The van der Waals surface area contributed by atoms with Gasteiger partial charge in [-0.3, -0.25) is 10.1 Å². The van der Waals surface area contributed by atoms with Gasteiger partial charge in [-0.05, 0) is 68.4 Å². The van der Waals surface area contributed by atoms with Crippen LogP contribution in [0.1, 0.15) is 38.5 Å². The summed E-state index contributed by atoms with van der Waals surface area (Å²) in [5.41, 5.74) is -0.0681. The molecule has 1 atom stereocenters. The molecule has 4 fully saturated rings. The molecule has 5 rings (SSSR count). The van der Waals surface area contributed by atoms with Gasteiger partial charge in [0.05, 0.1) is 7.05 Å². The molecular formula is C22H32N3O3+. The lowest BCUT2D eigenvalue weighted by molar-refractivity contribution is -0.871. The van der Waals surface area contributed by atoms with Gasteiger partial charge in [-0.25, -0.2) is 4.79 Å². The fraction of sp³-hybridized carbons (Fsp3) is 0.636. The van der Waals surface area contributed by atoms with Gasteiger partial charge in [0.25, 0.3) is 5.91 Å². The quantitative estimate of drug-likeness (QED) is 0.663. The summed E-state index contributed by atoms with van der Waals surface area (Å²) in [4.78, 5) is 25.7. The minimum Gasteiger partial charge on any atom is -0.488 e. The second-order valence-electron chi connectivity index (χ2n) is 9.25. The van der Waals surface area contributed by atoms with Gasteiger partial charge < -0.3 is 15.0 Å². The normalized spacial score (nSPS) is 31.2. The predicted octanol–water partition coefficient (Wildman–Crippen LogP) is 1.37. The number of ether oxygens (including phenoxy) is 1. The summed E-state index contributed by atoms with van der Waals surface area (Å²) >= 11 is 0. The average Bonchev–Trinajstić information content (AvgIpc) is 2.60. The summed E-state index contributed by atoms with van der Waals surface area (Å²) < 4.78 is 5.67. The number of benzene rings is 1. The Kier molecular flexibility index (Phi) is 5.58. The number of carbonyl (C=O) groups excluding carboxylic acids is 2. The molecule has 0 spiro atoms. The molecule has 6 heteroatoms. The van der Waals surface area contributed by atoms with Crippen LogP contribution in [0.5, 0.6) is 5.75 Å². The second-order valence-corrected chi connectivity index (χ2v) is 9.25. The molecule has 4 aliphatic rings. The maximum Gasteiger partial charge on any atom is 0.322 e. The van der Waals surface area contributed by atoms with E-state index in [2.05, 4.69) is 10.6 Å². The molecule has 0 heterocycles. The van der Waals surface area contributed by atoms with Crippen molar-refractivity contribution in [3.63, 3.8) is 0 Å². The van der Waals surface area contributed by atoms with Gasteiger partial charge in [-0.1, -0.05) is 18.2 Å². The molecule has 0 radical (unpaired) electrons. The van der Waals surface area contributed by atoms with Gasteiger partial charge >= 0.3 is 6.03 Å². The molecule has 6 nitrogen and oxygen atoms in total. The van der Waals surface area contributed by atoms with E-state index < -0.39 is 0 Å². The lowest BCUT2D eigenvalue weighted by Gasteiger charge is -2.56. The highest BCUT2D eigenvalue weighted by Crippen LogP contribution is 2.55. The topological polar surface area (TPSA) is 71.9 Å². The first-order chi connectivity index (χ1) is 13.5. The number of carbonyl (C=O) groups is 2. The summed E-state index contributed by atoms with van der Waals surface area (Å²) in [6.45, 7) is 1.48. The Balaban J connectivity index is 1.18. The maximum absolute atomic E-state index is 12.4. The van der Waals surface area contributed by atoms with E-state index in [9.17, 15) is 9.59 Å². The van der Waals surface area contributed by atoms with Crippen molar-refractivity contribution in [3.05, 3.63) is 30.3 Å². The number of amides is 3. The Bertz CT molecular complexity index is 671. The molecule has 28 heavy (non-hydrogen) atoms. The van der Waals surface area contributed by atoms with Crippen LogP contribution in [0.3, 0.4) is 0 Å². The summed E-state index contributed by atoms with van der Waals surface area (Å²) in [6.07, 6.45) is 7.26. The fourth-order valence-corrected chi connectivity index (χ4v) is 5.93. The fourth-order valence-electron chi connectivity index (χ4n) is 5.93. The third-order valence-electron chi connectivity index (χ3n) is 6.67. The zero-order chi connectivity index (χ0) is 19.6. The molecule has 152 valence electrons. The number of hydrogen-bond donors (Lipinski definition) is 3. The number of nitrogens with one attached hydrogen (secondary N) is 3. The molecule has 3 N–H and O–H groups in total. The van der Waals surface area contributed by atoms with Crippen LogP contribution in [0, 0.1) is 17.8 Å². The van der Waals surface area contributed by atoms with E-state index >= 15 is 0 Å². The van der Waals surface area contributed by atoms with Crippen molar-refractivity contribution < 1.29 is 19.2 Å². The SMILES string of the molecule is C[NH+](CCOc1ccccc1)CC(=O)NC(=O)NC12CC3CC(CC(C3)C1)C2. The molecular weight excluding hydrogens is 354 g/mol. The number of imide groups is 1. The van der Waals surface area contributed by atoms with Crippen LogP contribution in [0.2, 0.25) is 0 Å². The van der Waals surface area contributed by atoms with Crippen molar-refractivity contribution in [2.45, 2.75) is 44.1 Å². The standard InChI is InChI=1S/C22H31N3O3/c1-25(7-8-28-19-5-3-2-4-6-19)15-20(26)23-21(27)24-22-12-16-9-17(13-22)11-18(10-16)14-22/h2-6,16-18H,7-15H2,1H3,(H2,23,24,26,27)/p+1. The van der Waals surface area contributed by atoms with Gasteiger partial charge in [0.15, 0.2) is 6.54 Å². The molecule has 4 bridgehead atoms. The van der Waals surface area contributed by atoms with Crippen LogP contribution in [0.4, 0.5) is 4.79 Å². The summed E-state index contributed by atoms with van der Waals surface area (Å²) in [6, 6.07) is 9.32. The Morgan fingerprint density at radius 1 is 1.07 bits per heavy atom. The van der Waals surface area contributed by atoms with E-state index in [0.29, 0.717) is 13.2 Å². The largest absolute Gasteiger partial charge is 0.488 e. The van der Waals surface area contributed by atoms with Crippen molar-refractivity contribution in [1.82, 2.24) is 10.6 Å². The zero-order valence-electron chi connectivity index (χ0n) is 16.7. The second kappa shape index (κ2) is 8.11. The molecule has 0 aromatic heterocycles. The highest BCUT2D eigenvalue weighted by Gasteiger charge is 2.51.